The Morgan fingerprint density at radius 3 is 2.41 bits per heavy atom. The van der Waals surface area contributed by atoms with Gasteiger partial charge in [0.05, 0.1) is 12.1 Å². The van der Waals surface area contributed by atoms with Gasteiger partial charge in [0.15, 0.2) is 0 Å². The molecule has 5 nitrogen and oxygen atoms in total. The van der Waals surface area contributed by atoms with Gasteiger partial charge in [0.25, 0.3) is 0 Å². The number of hydrogen-bond donors (Lipinski definition) is 0. The number of nitrogens with zero attached hydrogens (tertiary/aromatic N) is 3. The molecule has 146 valence electrons. The summed E-state index contributed by atoms with van der Waals surface area (Å²) in [5.74, 6) is 1.36. The minimum atomic E-state index is 0.126. The van der Waals surface area contributed by atoms with Gasteiger partial charge in [0.1, 0.15) is 5.69 Å². The smallest absolute Gasteiger partial charge is 0.232 e. The molecule has 1 aliphatic heterocycles. The lowest BCUT2D eigenvalue weighted by atomic mass is 10.0. The van der Waals surface area contributed by atoms with Gasteiger partial charge >= 0.3 is 0 Å². The monoisotopic (exact) mass is 369 g/mol. The zero-order valence-electron chi connectivity index (χ0n) is 16.9. The van der Waals surface area contributed by atoms with E-state index in [1.54, 1.807) is 0 Å². The van der Waals surface area contributed by atoms with Crippen molar-refractivity contribution < 1.29 is 9.32 Å². The second-order valence-corrected chi connectivity index (χ2v) is 8.09. The molecule has 1 amide bonds. The summed E-state index contributed by atoms with van der Waals surface area (Å²) < 4.78 is 5.81. The third-order valence-corrected chi connectivity index (χ3v) is 5.06. The van der Waals surface area contributed by atoms with Crippen molar-refractivity contribution in [3.05, 3.63) is 35.9 Å². The first-order valence-electron chi connectivity index (χ1n) is 10.1. The molecule has 2 heterocycles. The highest BCUT2D eigenvalue weighted by molar-refractivity contribution is 5.78. The van der Waals surface area contributed by atoms with Crippen LogP contribution in [-0.4, -0.2) is 35.1 Å². The lowest BCUT2D eigenvalue weighted by Gasteiger charge is -2.28. The van der Waals surface area contributed by atoms with Crippen molar-refractivity contribution in [2.75, 3.05) is 18.0 Å². The van der Waals surface area contributed by atoms with Crippen LogP contribution in [0.5, 0.6) is 0 Å². The van der Waals surface area contributed by atoms with E-state index in [2.05, 4.69) is 37.8 Å². The summed E-state index contributed by atoms with van der Waals surface area (Å²) >= 11 is 0. The highest BCUT2D eigenvalue weighted by atomic mass is 16.5. The average Bonchev–Trinajstić information content (AvgIpc) is 3.28. The molecular weight excluding hydrogens is 338 g/mol. The van der Waals surface area contributed by atoms with E-state index in [9.17, 15) is 4.79 Å². The quantitative estimate of drug-likeness (QED) is 0.708. The van der Waals surface area contributed by atoms with Crippen LogP contribution in [0.25, 0.3) is 11.3 Å². The fourth-order valence-corrected chi connectivity index (χ4v) is 3.63. The van der Waals surface area contributed by atoms with Crippen LogP contribution in [-0.2, 0) is 11.3 Å². The first kappa shape index (κ1) is 19.5. The molecule has 1 saturated heterocycles. The van der Waals surface area contributed by atoms with Crippen LogP contribution < -0.4 is 4.90 Å². The molecule has 0 N–H and O–H groups in total. The fraction of sp³-hybridized carbons (Fsp3) is 0.545. The topological polar surface area (TPSA) is 49.6 Å². The molecule has 1 fully saturated rings. The van der Waals surface area contributed by atoms with Gasteiger partial charge in [-0.25, -0.2) is 0 Å². The maximum atomic E-state index is 12.9. The normalized spacial score (nSPS) is 14.4. The van der Waals surface area contributed by atoms with Crippen molar-refractivity contribution in [2.24, 2.45) is 5.92 Å². The van der Waals surface area contributed by atoms with Crippen molar-refractivity contribution in [3.8, 4) is 11.3 Å². The maximum Gasteiger partial charge on any atom is 0.232 e. The molecule has 0 spiro atoms. The second kappa shape index (κ2) is 8.59. The van der Waals surface area contributed by atoms with E-state index in [-0.39, 0.29) is 11.9 Å². The van der Waals surface area contributed by atoms with Gasteiger partial charge in [-0.2, -0.15) is 0 Å². The number of carbonyl (C=O) groups excluding carboxylic acids is 1. The van der Waals surface area contributed by atoms with E-state index >= 15 is 0 Å². The summed E-state index contributed by atoms with van der Waals surface area (Å²) in [5, 5.41) is 4.41. The number of rotatable bonds is 7. The van der Waals surface area contributed by atoms with E-state index in [1.165, 1.54) is 12.8 Å². The van der Waals surface area contributed by atoms with Crippen LogP contribution in [0, 0.1) is 5.92 Å². The van der Waals surface area contributed by atoms with E-state index in [4.69, 9.17) is 4.52 Å². The van der Waals surface area contributed by atoms with E-state index in [1.807, 2.05) is 35.2 Å². The molecule has 0 bridgehead atoms. The predicted octanol–water partition coefficient (Wildman–Crippen LogP) is 4.72. The standard InChI is InChI=1S/C22H31N3O2/c1-16(2)14-20(26)25(17(3)4)15-19-21(18-10-6-5-7-11-18)23-27-22(19)24-12-8-9-13-24/h5-7,10-11,16-17H,8-9,12-15H2,1-4H3. The van der Waals surface area contributed by atoms with Crippen LogP contribution in [0.3, 0.4) is 0 Å². The second-order valence-electron chi connectivity index (χ2n) is 8.09. The van der Waals surface area contributed by atoms with Gasteiger partial charge in [0, 0.05) is 31.1 Å². The number of carbonyl (C=O) groups is 1. The first-order chi connectivity index (χ1) is 13.0. The molecule has 0 unspecified atom stereocenters. The Labute approximate surface area is 162 Å². The molecule has 1 aromatic heterocycles. The van der Waals surface area contributed by atoms with Crippen molar-refractivity contribution in [1.82, 2.24) is 10.1 Å². The molecule has 1 aliphatic rings. The zero-order valence-corrected chi connectivity index (χ0v) is 16.9. The minimum Gasteiger partial charge on any atom is -0.340 e. The van der Waals surface area contributed by atoms with Crippen molar-refractivity contribution in [1.29, 1.82) is 0 Å². The van der Waals surface area contributed by atoms with Gasteiger partial charge in [-0.05, 0) is 32.6 Å². The summed E-state index contributed by atoms with van der Waals surface area (Å²) in [5.41, 5.74) is 2.90. The molecule has 27 heavy (non-hydrogen) atoms. The summed E-state index contributed by atoms with van der Waals surface area (Å²) in [6.07, 6.45) is 2.89. The summed E-state index contributed by atoms with van der Waals surface area (Å²) in [7, 11) is 0. The van der Waals surface area contributed by atoms with Crippen molar-refractivity contribution >= 4 is 11.8 Å². The maximum absolute atomic E-state index is 12.9. The molecule has 0 radical (unpaired) electrons. The predicted molar refractivity (Wildman–Crippen MR) is 109 cm³/mol. The average molecular weight is 370 g/mol. The number of benzene rings is 1. The molecule has 5 heteroatoms. The molecular formula is C22H31N3O2. The highest BCUT2D eigenvalue weighted by Gasteiger charge is 2.28. The first-order valence-corrected chi connectivity index (χ1v) is 10.1. The van der Waals surface area contributed by atoms with Gasteiger partial charge in [-0.15, -0.1) is 0 Å². The number of hydrogen-bond acceptors (Lipinski definition) is 4. The SMILES string of the molecule is CC(C)CC(=O)N(Cc1c(-c2ccccc2)noc1N1CCCC1)C(C)C. The zero-order chi connectivity index (χ0) is 19.4. The lowest BCUT2D eigenvalue weighted by molar-refractivity contribution is -0.134. The largest absolute Gasteiger partial charge is 0.340 e. The van der Waals surface area contributed by atoms with Gasteiger partial charge in [-0.3, -0.25) is 4.79 Å². The van der Waals surface area contributed by atoms with Crippen LogP contribution in [0.15, 0.2) is 34.9 Å². The summed E-state index contributed by atoms with van der Waals surface area (Å²) in [4.78, 5) is 17.1. The van der Waals surface area contributed by atoms with Crippen LogP contribution in [0.4, 0.5) is 5.88 Å². The van der Waals surface area contributed by atoms with E-state index in [0.717, 1.165) is 35.8 Å². The minimum absolute atomic E-state index is 0.126. The molecule has 2 aromatic rings. The van der Waals surface area contributed by atoms with Crippen molar-refractivity contribution in [2.45, 2.75) is 59.5 Å². The molecule has 0 atom stereocenters. The Morgan fingerprint density at radius 2 is 1.81 bits per heavy atom. The fourth-order valence-electron chi connectivity index (χ4n) is 3.63. The van der Waals surface area contributed by atoms with Gasteiger partial charge in [-0.1, -0.05) is 49.3 Å². The Balaban J connectivity index is 1.97. The van der Waals surface area contributed by atoms with Crippen LogP contribution >= 0.6 is 0 Å². The van der Waals surface area contributed by atoms with E-state index < -0.39 is 0 Å². The number of aromatic nitrogens is 1. The Bertz CT molecular complexity index is 746. The number of anilines is 1. The van der Waals surface area contributed by atoms with Gasteiger partial charge in [0.2, 0.25) is 11.8 Å². The Morgan fingerprint density at radius 1 is 1.15 bits per heavy atom. The Kier molecular flexibility index (Phi) is 6.19. The molecule has 0 aliphatic carbocycles. The van der Waals surface area contributed by atoms with Crippen LogP contribution in [0.2, 0.25) is 0 Å². The van der Waals surface area contributed by atoms with Gasteiger partial charge < -0.3 is 14.3 Å². The third-order valence-electron chi connectivity index (χ3n) is 5.06. The third kappa shape index (κ3) is 4.52. The number of amides is 1. The Hall–Kier alpha value is -2.30. The lowest BCUT2D eigenvalue weighted by Crippen LogP contribution is -2.37. The molecule has 3 rings (SSSR count). The highest BCUT2D eigenvalue weighted by Crippen LogP contribution is 2.34. The van der Waals surface area contributed by atoms with Crippen molar-refractivity contribution in [3.63, 3.8) is 0 Å². The summed E-state index contributed by atoms with van der Waals surface area (Å²) in [6, 6.07) is 10.2. The molecule has 0 saturated carbocycles. The summed E-state index contributed by atoms with van der Waals surface area (Å²) in [6.45, 7) is 10.8. The van der Waals surface area contributed by atoms with E-state index in [0.29, 0.717) is 18.9 Å². The van der Waals surface area contributed by atoms with Crippen LogP contribution in [0.1, 0.15) is 52.5 Å². The molecule has 1 aromatic carbocycles.